The molecule has 13 heavy (non-hydrogen) atoms. The Morgan fingerprint density at radius 3 is 3.08 bits per heavy atom. The van der Waals surface area contributed by atoms with Crippen molar-refractivity contribution < 1.29 is 0 Å². The number of anilines is 1. The monoisotopic (exact) mass is 207 g/mol. The lowest BCUT2D eigenvalue weighted by Crippen LogP contribution is -2.12. The predicted octanol–water partition coefficient (Wildman–Crippen LogP) is 3.10. The molecule has 2 heterocycles. The van der Waals surface area contributed by atoms with E-state index in [1.54, 1.807) is 0 Å². The summed E-state index contributed by atoms with van der Waals surface area (Å²) >= 11 is 6.33. The third kappa shape index (κ3) is 1.04. The molecule has 0 spiro atoms. The van der Waals surface area contributed by atoms with Crippen molar-refractivity contribution in [2.45, 2.75) is 11.3 Å². The van der Waals surface area contributed by atoms with Gasteiger partial charge in [0.2, 0.25) is 0 Å². The largest absolute Gasteiger partial charge is 0.334 e. The van der Waals surface area contributed by atoms with E-state index < -0.39 is 0 Å². The van der Waals surface area contributed by atoms with Crippen LogP contribution in [0.1, 0.15) is 6.42 Å². The Hall–Kier alpha value is -0.540. The number of fused-ring (bicyclic) bond motifs is 3. The van der Waals surface area contributed by atoms with E-state index >= 15 is 0 Å². The zero-order valence-corrected chi connectivity index (χ0v) is 8.74. The lowest BCUT2D eigenvalue weighted by Gasteiger charge is -2.12. The lowest BCUT2D eigenvalue weighted by molar-refractivity contribution is 0.987. The van der Waals surface area contributed by atoms with Crippen LogP contribution in [-0.2, 0) is 0 Å². The molecule has 2 aliphatic heterocycles. The smallest absolute Gasteiger partial charge is 0.0896 e. The molecule has 0 atom stereocenters. The third-order valence-corrected chi connectivity index (χ3v) is 4.24. The Kier molecular flexibility index (Phi) is 1.64. The van der Waals surface area contributed by atoms with E-state index in [1.165, 1.54) is 20.5 Å². The topological polar surface area (TPSA) is 3.24 Å². The van der Waals surface area contributed by atoms with E-state index in [2.05, 4.69) is 41.8 Å². The van der Waals surface area contributed by atoms with Crippen molar-refractivity contribution in [3.63, 3.8) is 0 Å². The maximum absolute atomic E-state index is 4.49. The van der Waals surface area contributed by atoms with Gasteiger partial charge in [-0.3, -0.25) is 0 Å². The molecule has 1 nitrogen and oxygen atoms in total. The van der Waals surface area contributed by atoms with Crippen LogP contribution in [0.15, 0.2) is 39.1 Å². The zero-order chi connectivity index (χ0) is 8.84. The number of benzene rings is 1. The summed E-state index contributed by atoms with van der Waals surface area (Å²) in [6, 6.07) is 8.54. The number of nitrogens with zero attached hydrogens (tertiary/aromatic N) is 1. The SMILES string of the molecule is SC1=C2Sc3ccccc3N2CC1. The van der Waals surface area contributed by atoms with Gasteiger partial charge in [-0.1, -0.05) is 23.9 Å². The standard InChI is InChI=1S/C10H9NS2/c12-8-5-6-11-7-3-1-2-4-9(7)13-10(8)11/h1-4,12H,5-6H2. The van der Waals surface area contributed by atoms with Crippen molar-refractivity contribution in [1.29, 1.82) is 0 Å². The summed E-state index contributed by atoms with van der Waals surface area (Å²) in [5, 5.41) is 1.34. The van der Waals surface area contributed by atoms with Gasteiger partial charge < -0.3 is 4.90 Å². The maximum atomic E-state index is 4.49. The summed E-state index contributed by atoms with van der Waals surface area (Å²) in [5.41, 5.74) is 1.35. The van der Waals surface area contributed by atoms with Crippen molar-refractivity contribution in [3.05, 3.63) is 34.2 Å². The maximum Gasteiger partial charge on any atom is 0.0896 e. The van der Waals surface area contributed by atoms with Crippen LogP contribution < -0.4 is 4.90 Å². The van der Waals surface area contributed by atoms with Crippen molar-refractivity contribution in [2.24, 2.45) is 0 Å². The fourth-order valence-electron chi connectivity index (χ4n) is 1.80. The molecule has 0 saturated heterocycles. The van der Waals surface area contributed by atoms with Gasteiger partial charge in [-0.05, 0) is 18.6 Å². The summed E-state index contributed by atoms with van der Waals surface area (Å²) in [5.74, 6) is 0. The molecule has 3 heteroatoms. The minimum absolute atomic E-state index is 1.10. The molecule has 1 aromatic rings. The van der Waals surface area contributed by atoms with E-state index in [1.807, 2.05) is 11.8 Å². The number of hydrogen-bond acceptors (Lipinski definition) is 3. The van der Waals surface area contributed by atoms with Gasteiger partial charge in [0.25, 0.3) is 0 Å². The zero-order valence-electron chi connectivity index (χ0n) is 7.03. The molecule has 0 radical (unpaired) electrons. The molecule has 0 amide bonds. The van der Waals surface area contributed by atoms with E-state index in [0.29, 0.717) is 0 Å². The molecule has 0 N–H and O–H groups in total. The van der Waals surface area contributed by atoms with Gasteiger partial charge in [-0.15, -0.1) is 12.6 Å². The van der Waals surface area contributed by atoms with Gasteiger partial charge in [0.1, 0.15) is 0 Å². The first-order valence-corrected chi connectivity index (χ1v) is 5.59. The first kappa shape index (κ1) is 7.83. The van der Waals surface area contributed by atoms with Gasteiger partial charge in [0.15, 0.2) is 0 Å². The molecule has 0 unspecified atom stereocenters. The van der Waals surface area contributed by atoms with Crippen molar-refractivity contribution in [3.8, 4) is 0 Å². The Labute approximate surface area is 87.2 Å². The minimum atomic E-state index is 1.10. The molecular formula is C10H9NS2. The van der Waals surface area contributed by atoms with Crippen LogP contribution in [0.4, 0.5) is 5.69 Å². The summed E-state index contributed by atoms with van der Waals surface area (Å²) in [6.07, 6.45) is 1.10. The lowest BCUT2D eigenvalue weighted by atomic mass is 10.3. The number of thioether (sulfide) groups is 1. The first-order chi connectivity index (χ1) is 6.36. The third-order valence-electron chi connectivity index (χ3n) is 2.43. The number of thiol groups is 1. The Balaban J connectivity index is 2.16. The normalized spacial score (nSPS) is 19.3. The van der Waals surface area contributed by atoms with Gasteiger partial charge in [-0.25, -0.2) is 0 Å². The quantitative estimate of drug-likeness (QED) is 0.651. The fraction of sp³-hybridized carbons (Fsp3) is 0.200. The van der Waals surface area contributed by atoms with Gasteiger partial charge in [0, 0.05) is 16.3 Å². The second kappa shape index (κ2) is 2.72. The second-order valence-electron chi connectivity index (χ2n) is 3.22. The Morgan fingerprint density at radius 1 is 1.31 bits per heavy atom. The molecule has 0 bridgehead atoms. The molecule has 0 saturated carbocycles. The molecule has 1 aromatic carbocycles. The second-order valence-corrected chi connectivity index (χ2v) is 4.79. The highest BCUT2D eigenvalue weighted by atomic mass is 32.2. The van der Waals surface area contributed by atoms with Crippen LogP contribution in [0.3, 0.4) is 0 Å². The van der Waals surface area contributed by atoms with E-state index in [-0.39, 0.29) is 0 Å². The molecule has 66 valence electrons. The average molecular weight is 207 g/mol. The number of para-hydroxylation sites is 1. The minimum Gasteiger partial charge on any atom is -0.334 e. The first-order valence-electron chi connectivity index (χ1n) is 4.33. The van der Waals surface area contributed by atoms with Crippen molar-refractivity contribution >= 4 is 30.1 Å². The van der Waals surface area contributed by atoms with Crippen molar-refractivity contribution in [2.75, 3.05) is 11.4 Å². The predicted molar refractivity (Wildman–Crippen MR) is 60.3 cm³/mol. The molecule has 0 fully saturated rings. The van der Waals surface area contributed by atoms with Crippen LogP contribution in [0, 0.1) is 0 Å². The highest BCUT2D eigenvalue weighted by Crippen LogP contribution is 2.50. The average Bonchev–Trinajstić information content (AvgIpc) is 2.67. The highest BCUT2D eigenvalue weighted by Gasteiger charge is 2.30. The van der Waals surface area contributed by atoms with E-state index in [4.69, 9.17) is 0 Å². The van der Waals surface area contributed by atoms with E-state index in [9.17, 15) is 0 Å². The van der Waals surface area contributed by atoms with Gasteiger partial charge >= 0.3 is 0 Å². The molecular weight excluding hydrogens is 198 g/mol. The van der Waals surface area contributed by atoms with Crippen LogP contribution in [0.5, 0.6) is 0 Å². The van der Waals surface area contributed by atoms with Gasteiger partial charge in [-0.2, -0.15) is 0 Å². The molecule has 3 rings (SSSR count). The summed E-state index contributed by atoms with van der Waals surface area (Å²) < 4.78 is 0. The van der Waals surface area contributed by atoms with Crippen LogP contribution in [0.25, 0.3) is 0 Å². The summed E-state index contributed by atoms with van der Waals surface area (Å²) in [7, 11) is 0. The molecule has 0 aromatic heterocycles. The Bertz CT molecular complexity index is 398. The van der Waals surface area contributed by atoms with Gasteiger partial charge in [0.05, 0.1) is 10.7 Å². The summed E-state index contributed by atoms with van der Waals surface area (Å²) in [6.45, 7) is 1.10. The van der Waals surface area contributed by atoms with Crippen molar-refractivity contribution in [1.82, 2.24) is 0 Å². The van der Waals surface area contributed by atoms with Crippen LogP contribution in [0.2, 0.25) is 0 Å². The van der Waals surface area contributed by atoms with Crippen LogP contribution in [-0.4, -0.2) is 6.54 Å². The number of hydrogen-bond donors (Lipinski definition) is 1. The fourth-order valence-corrected chi connectivity index (χ4v) is 3.31. The van der Waals surface area contributed by atoms with Crippen LogP contribution >= 0.6 is 24.4 Å². The Morgan fingerprint density at radius 2 is 2.15 bits per heavy atom. The summed E-state index contributed by atoms with van der Waals surface area (Å²) in [4.78, 5) is 4.97. The van der Waals surface area contributed by atoms with E-state index in [0.717, 1.165) is 13.0 Å². The molecule has 0 aliphatic carbocycles. The number of rotatable bonds is 0. The molecule has 2 aliphatic rings. The highest BCUT2D eigenvalue weighted by molar-refractivity contribution is 8.04.